The van der Waals surface area contributed by atoms with Crippen molar-refractivity contribution in [1.82, 2.24) is 14.8 Å². The van der Waals surface area contributed by atoms with Crippen molar-refractivity contribution in [3.05, 3.63) is 11.1 Å². The third-order valence-corrected chi connectivity index (χ3v) is 3.32. The van der Waals surface area contributed by atoms with Gasteiger partial charge in [0.25, 0.3) is 0 Å². The van der Waals surface area contributed by atoms with Gasteiger partial charge < -0.3 is 4.57 Å². The molecule has 4 nitrogen and oxygen atoms in total. The normalized spacial score (nSPS) is 18.4. The minimum atomic E-state index is -0.795. The summed E-state index contributed by atoms with van der Waals surface area (Å²) in [6.07, 6.45) is 4.03. The molecule has 0 amide bonds. The summed E-state index contributed by atoms with van der Waals surface area (Å²) in [6, 6.07) is 0. The van der Waals surface area contributed by atoms with E-state index in [-0.39, 0.29) is 0 Å². The van der Waals surface area contributed by atoms with Crippen LogP contribution < -0.4 is 0 Å². The summed E-state index contributed by atoms with van der Waals surface area (Å²) in [5.74, 6) is 2.10. The van der Waals surface area contributed by atoms with Gasteiger partial charge in [0.05, 0.1) is 0 Å². The van der Waals surface area contributed by atoms with Crippen molar-refractivity contribution in [3.8, 4) is 0 Å². The Morgan fingerprint density at radius 2 is 2.29 bits per heavy atom. The first-order valence-corrected chi connectivity index (χ1v) is 6.67. The molecule has 78 valence electrons. The van der Waals surface area contributed by atoms with Gasteiger partial charge in [-0.15, -0.1) is 10.2 Å². The molecule has 1 aromatic heterocycles. The van der Waals surface area contributed by atoms with E-state index in [0.29, 0.717) is 23.5 Å². The lowest BCUT2D eigenvalue weighted by Crippen LogP contribution is -2.09. The molecule has 0 aromatic carbocycles. The van der Waals surface area contributed by atoms with Crippen LogP contribution in [0.2, 0.25) is 5.28 Å². The van der Waals surface area contributed by atoms with E-state index in [2.05, 4.69) is 10.2 Å². The number of rotatable bonds is 4. The van der Waals surface area contributed by atoms with Gasteiger partial charge >= 0.3 is 0 Å². The highest BCUT2D eigenvalue weighted by Crippen LogP contribution is 2.39. The smallest absolute Gasteiger partial charge is 0.225 e. The molecule has 0 saturated heterocycles. The molecule has 0 N–H and O–H groups in total. The van der Waals surface area contributed by atoms with Gasteiger partial charge in [0.1, 0.15) is 5.82 Å². The zero-order chi connectivity index (χ0) is 10.1. The molecule has 0 radical (unpaired) electrons. The molecule has 0 spiro atoms. The van der Waals surface area contributed by atoms with Crippen LogP contribution in [0.1, 0.15) is 24.6 Å². The Bertz CT molecular complexity index is 361. The van der Waals surface area contributed by atoms with Gasteiger partial charge in [-0.2, -0.15) is 0 Å². The Labute approximate surface area is 90.1 Å². The third-order valence-electron chi connectivity index (χ3n) is 2.28. The fourth-order valence-corrected chi connectivity index (χ4v) is 2.01. The van der Waals surface area contributed by atoms with Gasteiger partial charge in [-0.1, -0.05) is 0 Å². The maximum Gasteiger partial charge on any atom is 0.225 e. The Hall–Kier alpha value is -0.420. The zero-order valence-electron chi connectivity index (χ0n) is 7.94. The molecule has 1 aromatic rings. The minimum Gasteiger partial charge on any atom is -0.301 e. The molecule has 1 saturated carbocycles. The molecule has 14 heavy (non-hydrogen) atoms. The Kier molecular flexibility index (Phi) is 2.88. The molecular formula is C8H12ClN3OS. The van der Waals surface area contributed by atoms with Gasteiger partial charge in [0, 0.05) is 35.3 Å². The van der Waals surface area contributed by atoms with E-state index in [4.69, 9.17) is 11.6 Å². The number of aromatic nitrogens is 3. The molecule has 1 unspecified atom stereocenters. The molecule has 2 rings (SSSR count). The predicted octanol–water partition coefficient (Wildman–Crippen LogP) is 1.19. The van der Waals surface area contributed by atoms with Crippen LogP contribution in [-0.2, 0) is 17.3 Å². The van der Waals surface area contributed by atoms with Crippen LogP contribution in [-0.4, -0.2) is 31.0 Å². The maximum absolute atomic E-state index is 11.0. The van der Waals surface area contributed by atoms with E-state index in [9.17, 15) is 4.21 Å². The number of nitrogens with zero attached hydrogens (tertiary/aromatic N) is 3. The summed E-state index contributed by atoms with van der Waals surface area (Å²) in [5.41, 5.74) is 0. The molecule has 1 atom stereocenters. The van der Waals surface area contributed by atoms with Crippen molar-refractivity contribution in [1.29, 1.82) is 0 Å². The molecule has 1 fully saturated rings. The average Bonchev–Trinajstić information content (AvgIpc) is 2.88. The van der Waals surface area contributed by atoms with Crippen LogP contribution in [0.5, 0.6) is 0 Å². The van der Waals surface area contributed by atoms with Crippen LogP contribution >= 0.6 is 11.6 Å². The lowest BCUT2D eigenvalue weighted by molar-refractivity contribution is 0.667. The van der Waals surface area contributed by atoms with Crippen molar-refractivity contribution in [3.63, 3.8) is 0 Å². The second kappa shape index (κ2) is 3.98. The van der Waals surface area contributed by atoms with E-state index in [0.717, 1.165) is 5.82 Å². The molecule has 1 aliphatic rings. The first-order valence-electron chi connectivity index (χ1n) is 4.57. The van der Waals surface area contributed by atoms with E-state index in [1.54, 1.807) is 6.26 Å². The van der Waals surface area contributed by atoms with E-state index in [1.807, 2.05) is 4.57 Å². The first kappa shape index (κ1) is 10.1. The maximum atomic E-state index is 11.0. The molecule has 0 aliphatic heterocycles. The number of hydrogen-bond donors (Lipinski definition) is 0. The summed E-state index contributed by atoms with van der Waals surface area (Å²) >= 11 is 5.89. The summed E-state index contributed by atoms with van der Waals surface area (Å²) in [4.78, 5) is 0. The largest absolute Gasteiger partial charge is 0.301 e. The number of hydrogen-bond acceptors (Lipinski definition) is 3. The number of halogens is 1. The lowest BCUT2D eigenvalue weighted by Gasteiger charge is -2.04. The van der Waals surface area contributed by atoms with Crippen molar-refractivity contribution < 1.29 is 4.21 Å². The second-order valence-electron chi connectivity index (χ2n) is 3.53. The van der Waals surface area contributed by atoms with Crippen molar-refractivity contribution in [2.45, 2.75) is 25.3 Å². The second-order valence-corrected chi connectivity index (χ2v) is 5.42. The molecule has 1 heterocycles. The fraction of sp³-hybridized carbons (Fsp3) is 0.750. The van der Waals surface area contributed by atoms with Gasteiger partial charge in [-0.3, -0.25) is 4.21 Å². The van der Waals surface area contributed by atoms with Crippen LogP contribution in [0, 0.1) is 0 Å². The highest BCUT2D eigenvalue weighted by Gasteiger charge is 2.29. The van der Waals surface area contributed by atoms with Crippen LogP contribution in [0.15, 0.2) is 0 Å². The predicted molar refractivity (Wildman–Crippen MR) is 55.9 cm³/mol. The Morgan fingerprint density at radius 3 is 2.86 bits per heavy atom. The van der Waals surface area contributed by atoms with Gasteiger partial charge in [0.2, 0.25) is 5.28 Å². The Morgan fingerprint density at radius 1 is 1.57 bits per heavy atom. The summed E-state index contributed by atoms with van der Waals surface area (Å²) in [5, 5.41) is 8.29. The van der Waals surface area contributed by atoms with E-state index < -0.39 is 10.8 Å². The van der Waals surface area contributed by atoms with Gasteiger partial charge in [0.15, 0.2) is 0 Å². The molecular weight excluding hydrogens is 222 g/mol. The van der Waals surface area contributed by atoms with Crippen LogP contribution in [0.25, 0.3) is 0 Å². The first-order chi connectivity index (χ1) is 6.68. The summed E-state index contributed by atoms with van der Waals surface area (Å²) < 4.78 is 12.8. The van der Waals surface area contributed by atoms with E-state index in [1.165, 1.54) is 12.8 Å². The average molecular weight is 234 g/mol. The molecule has 1 aliphatic carbocycles. The minimum absolute atomic E-state index is 0.414. The van der Waals surface area contributed by atoms with Gasteiger partial charge in [-0.25, -0.2) is 0 Å². The monoisotopic (exact) mass is 233 g/mol. The summed E-state index contributed by atoms with van der Waals surface area (Å²) in [6.45, 7) is 0.654. The van der Waals surface area contributed by atoms with Crippen LogP contribution in [0.3, 0.4) is 0 Å². The third kappa shape index (κ3) is 2.15. The highest BCUT2D eigenvalue weighted by molar-refractivity contribution is 7.84. The fourth-order valence-electron chi connectivity index (χ4n) is 1.37. The lowest BCUT2D eigenvalue weighted by atomic mass is 10.4. The zero-order valence-corrected chi connectivity index (χ0v) is 9.51. The molecule has 6 heteroatoms. The van der Waals surface area contributed by atoms with Crippen LogP contribution in [0.4, 0.5) is 0 Å². The highest BCUT2D eigenvalue weighted by atomic mass is 35.5. The topological polar surface area (TPSA) is 47.8 Å². The van der Waals surface area contributed by atoms with Crippen molar-refractivity contribution >= 4 is 22.4 Å². The quantitative estimate of drug-likeness (QED) is 0.785. The standard InChI is InChI=1S/C8H12ClN3OS/c1-14(13)5-4-12-7(6-2-3-6)10-11-8(12)9/h6H,2-5H2,1H3. The van der Waals surface area contributed by atoms with E-state index >= 15 is 0 Å². The van der Waals surface area contributed by atoms with Gasteiger partial charge in [-0.05, 0) is 24.4 Å². The van der Waals surface area contributed by atoms with Crippen molar-refractivity contribution in [2.24, 2.45) is 0 Å². The summed E-state index contributed by atoms with van der Waals surface area (Å²) in [7, 11) is -0.795. The Balaban J connectivity index is 2.13. The van der Waals surface area contributed by atoms with Crippen molar-refractivity contribution in [2.75, 3.05) is 12.0 Å². The molecule has 0 bridgehead atoms. The SMILES string of the molecule is CS(=O)CCn1c(Cl)nnc1C1CC1.